The lowest BCUT2D eigenvalue weighted by atomic mass is 10.1. The highest BCUT2D eigenvalue weighted by Crippen LogP contribution is 2.30. The van der Waals surface area contributed by atoms with Gasteiger partial charge in [0.05, 0.1) is 5.56 Å². The van der Waals surface area contributed by atoms with E-state index in [1.807, 2.05) is 6.92 Å². The highest BCUT2D eigenvalue weighted by atomic mass is 19.4. The highest BCUT2D eigenvalue weighted by molar-refractivity contribution is 5.94. The molecule has 0 saturated carbocycles. The van der Waals surface area contributed by atoms with E-state index >= 15 is 0 Å². The number of halogens is 4. The summed E-state index contributed by atoms with van der Waals surface area (Å²) in [6.07, 6.45) is -2.56. The van der Waals surface area contributed by atoms with Crippen molar-refractivity contribution in [1.82, 2.24) is 20.4 Å². The van der Waals surface area contributed by atoms with Crippen LogP contribution in [0.25, 0.3) is 11.4 Å². The standard InChI is InChI=1S/C18H20F4N4O2.CH2O2/c1-10(9-26-7-3-4-11(26)2)23-16(27)12-5-6-13(14(19)8-12)15-24-17(28-25-15)18(20,21)22;2-1-3/h5-6,8,10-11H,3-4,7,9H2,1-2H3,(H,23,27);1H,(H,2,3)/t10-,11+;/m1./s1. The van der Waals surface area contributed by atoms with E-state index in [4.69, 9.17) is 9.90 Å². The maximum atomic E-state index is 14.3. The minimum absolute atomic E-state index is 0.0575. The van der Waals surface area contributed by atoms with Gasteiger partial charge in [-0.1, -0.05) is 5.16 Å². The average Bonchev–Trinajstić information content (AvgIpc) is 3.32. The second-order valence-corrected chi connectivity index (χ2v) is 7.08. The molecular formula is C19H22F4N4O4. The number of carbonyl (C=O) groups excluding carboxylic acids is 1. The number of hydrogen-bond donors (Lipinski definition) is 2. The number of nitrogens with zero attached hydrogens (tertiary/aromatic N) is 3. The molecule has 1 aromatic carbocycles. The van der Waals surface area contributed by atoms with Crippen LogP contribution < -0.4 is 5.32 Å². The largest absolute Gasteiger partial charge is 0.483 e. The Hall–Kier alpha value is -3.02. The van der Waals surface area contributed by atoms with Gasteiger partial charge in [0.1, 0.15) is 5.82 Å². The Morgan fingerprint density at radius 1 is 1.45 bits per heavy atom. The zero-order chi connectivity index (χ0) is 23.2. The van der Waals surface area contributed by atoms with Gasteiger partial charge in [0.15, 0.2) is 0 Å². The van der Waals surface area contributed by atoms with Crippen LogP contribution in [0.5, 0.6) is 0 Å². The van der Waals surface area contributed by atoms with Crippen molar-refractivity contribution < 1.29 is 36.8 Å². The number of hydrogen-bond acceptors (Lipinski definition) is 6. The van der Waals surface area contributed by atoms with Crippen LogP contribution in [0.4, 0.5) is 17.6 Å². The topological polar surface area (TPSA) is 109 Å². The van der Waals surface area contributed by atoms with Gasteiger partial charge in [-0.2, -0.15) is 18.2 Å². The Bertz CT molecular complexity index is 903. The van der Waals surface area contributed by atoms with Gasteiger partial charge >= 0.3 is 12.1 Å². The molecule has 1 aliphatic heterocycles. The third kappa shape index (κ3) is 6.48. The molecule has 0 radical (unpaired) electrons. The summed E-state index contributed by atoms with van der Waals surface area (Å²) >= 11 is 0. The first-order valence-corrected chi connectivity index (χ1v) is 9.40. The number of carboxylic acid groups (broad SMARTS) is 1. The lowest BCUT2D eigenvalue weighted by molar-refractivity contribution is -0.159. The zero-order valence-electron chi connectivity index (χ0n) is 16.8. The molecule has 3 rings (SSSR count). The first kappa shape index (κ1) is 24.3. The van der Waals surface area contributed by atoms with E-state index in [0.717, 1.165) is 31.5 Å². The van der Waals surface area contributed by atoms with Crippen molar-refractivity contribution >= 4 is 12.4 Å². The molecule has 1 amide bonds. The predicted molar refractivity (Wildman–Crippen MR) is 101 cm³/mol. The van der Waals surface area contributed by atoms with Gasteiger partial charge in [0.25, 0.3) is 12.4 Å². The Labute approximate surface area is 175 Å². The molecule has 1 saturated heterocycles. The summed E-state index contributed by atoms with van der Waals surface area (Å²) in [7, 11) is 0. The van der Waals surface area contributed by atoms with Gasteiger partial charge in [-0.3, -0.25) is 14.5 Å². The van der Waals surface area contributed by atoms with Gasteiger partial charge < -0.3 is 14.9 Å². The molecule has 1 aromatic heterocycles. The first-order chi connectivity index (χ1) is 14.6. The van der Waals surface area contributed by atoms with Gasteiger partial charge in [-0.05, 0) is 51.4 Å². The molecule has 1 aliphatic rings. The Morgan fingerprint density at radius 3 is 2.65 bits per heavy atom. The molecule has 170 valence electrons. The van der Waals surface area contributed by atoms with Crippen LogP contribution in [0, 0.1) is 5.82 Å². The minimum atomic E-state index is -4.81. The number of amides is 1. The number of benzene rings is 1. The van der Waals surface area contributed by atoms with Gasteiger partial charge in [0, 0.05) is 24.2 Å². The van der Waals surface area contributed by atoms with E-state index in [2.05, 4.69) is 31.8 Å². The maximum absolute atomic E-state index is 14.3. The van der Waals surface area contributed by atoms with Crippen molar-refractivity contribution in [2.45, 2.75) is 44.9 Å². The lowest BCUT2D eigenvalue weighted by Crippen LogP contribution is -2.43. The quantitative estimate of drug-likeness (QED) is 0.536. The van der Waals surface area contributed by atoms with E-state index in [1.165, 1.54) is 6.07 Å². The summed E-state index contributed by atoms with van der Waals surface area (Å²) < 4.78 is 56.0. The van der Waals surface area contributed by atoms with Crippen LogP contribution in [-0.4, -0.2) is 57.7 Å². The SMILES string of the molecule is C[C@H](CN1CCC[C@@H]1C)NC(=O)c1ccc(-c2noc(C(F)(F)F)n2)c(F)c1.O=CO. The molecule has 0 spiro atoms. The second kappa shape index (κ2) is 10.3. The van der Waals surface area contributed by atoms with E-state index in [0.29, 0.717) is 12.6 Å². The van der Waals surface area contributed by atoms with Crippen molar-refractivity contribution in [2.75, 3.05) is 13.1 Å². The highest BCUT2D eigenvalue weighted by Gasteiger charge is 2.38. The summed E-state index contributed by atoms with van der Waals surface area (Å²) in [6.45, 7) is 5.43. The van der Waals surface area contributed by atoms with Crippen LogP contribution in [0.15, 0.2) is 22.7 Å². The first-order valence-electron chi connectivity index (χ1n) is 9.40. The molecule has 12 heteroatoms. The average molecular weight is 446 g/mol. The van der Waals surface area contributed by atoms with E-state index in [9.17, 15) is 22.4 Å². The normalized spacial score (nSPS) is 17.5. The fourth-order valence-electron chi connectivity index (χ4n) is 3.25. The van der Waals surface area contributed by atoms with Crippen molar-refractivity contribution in [3.63, 3.8) is 0 Å². The Morgan fingerprint density at radius 2 is 2.13 bits per heavy atom. The molecule has 8 nitrogen and oxygen atoms in total. The van der Waals surface area contributed by atoms with E-state index in [-0.39, 0.29) is 23.6 Å². The lowest BCUT2D eigenvalue weighted by Gasteiger charge is -2.25. The minimum Gasteiger partial charge on any atom is -0.483 e. The van der Waals surface area contributed by atoms with Crippen LogP contribution in [0.2, 0.25) is 0 Å². The van der Waals surface area contributed by atoms with Gasteiger partial charge in [0.2, 0.25) is 5.82 Å². The van der Waals surface area contributed by atoms with Crippen LogP contribution in [0.3, 0.4) is 0 Å². The second-order valence-electron chi connectivity index (χ2n) is 7.08. The van der Waals surface area contributed by atoms with Gasteiger partial charge in [-0.25, -0.2) is 4.39 Å². The molecule has 2 N–H and O–H groups in total. The van der Waals surface area contributed by atoms with Crippen LogP contribution in [-0.2, 0) is 11.0 Å². The number of aromatic nitrogens is 2. The van der Waals surface area contributed by atoms with Crippen molar-refractivity contribution in [3.05, 3.63) is 35.5 Å². The molecule has 0 bridgehead atoms. The molecule has 2 heterocycles. The number of carbonyl (C=O) groups is 2. The van der Waals surface area contributed by atoms with Gasteiger partial charge in [-0.15, -0.1) is 0 Å². The third-order valence-electron chi connectivity index (χ3n) is 4.72. The maximum Gasteiger partial charge on any atom is 0.471 e. The molecular weight excluding hydrogens is 424 g/mol. The summed E-state index contributed by atoms with van der Waals surface area (Å²) in [4.78, 5) is 26.1. The Kier molecular flexibility index (Phi) is 8.08. The number of rotatable bonds is 5. The fraction of sp³-hybridized carbons (Fsp3) is 0.474. The van der Waals surface area contributed by atoms with Crippen molar-refractivity contribution in [1.29, 1.82) is 0 Å². The predicted octanol–water partition coefficient (Wildman–Crippen LogP) is 3.20. The summed E-state index contributed by atoms with van der Waals surface area (Å²) in [5, 5.41) is 12.8. The van der Waals surface area contributed by atoms with Crippen molar-refractivity contribution in [2.24, 2.45) is 0 Å². The molecule has 2 atom stereocenters. The third-order valence-corrected chi connectivity index (χ3v) is 4.72. The molecule has 2 aromatic rings. The van der Waals surface area contributed by atoms with Crippen molar-refractivity contribution in [3.8, 4) is 11.4 Å². The molecule has 1 fully saturated rings. The molecule has 0 aliphatic carbocycles. The smallest absolute Gasteiger partial charge is 0.471 e. The fourth-order valence-corrected chi connectivity index (χ4v) is 3.25. The number of likely N-dealkylation sites (tertiary alicyclic amines) is 1. The summed E-state index contributed by atoms with van der Waals surface area (Å²) in [5.74, 6) is -3.47. The molecule has 31 heavy (non-hydrogen) atoms. The van der Waals surface area contributed by atoms with Crippen LogP contribution >= 0.6 is 0 Å². The number of alkyl halides is 3. The van der Waals surface area contributed by atoms with E-state index in [1.54, 1.807) is 0 Å². The van der Waals surface area contributed by atoms with E-state index < -0.39 is 29.6 Å². The summed E-state index contributed by atoms with van der Waals surface area (Å²) in [6, 6.07) is 3.74. The molecule has 0 unspecified atom stereocenters. The van der Waals surface area contributed by atoms with Crippen LogP contribution in [0.1, 0.15) is 42.9 Å². The zero-order valence-corrected chi connectivity index (χ0v) is 16.8. The summed E-state index contributed by atoms with van der Waals surface area (Å²) in [5.41, 5.74) is -0.225. The Balaban J connectivity index is 0.00000107. The number of nitrogens with one attached hydrogen (secondary N) is 1. The monoisotopic (exact) mass is 446 g/mol.